The molecule has 0 saturated carbocycles. The summed E-state index contributed by atoms with van der Waals surface area (Å²) in [5, 5.41) is 12.4. The van der Waals surface area contributed by atoms with Gasteiger partial charge in [0.25, 0.3) is 0 Å². The summed E-state index contributed by atoms with van der Waals surface area (Å²) < 4.78 is 10.8. The van der Waals surface area contributed by atoms with E-state index in [4.69, 9.17) is 9.47 Å². The molecule has 0 heterocycles. The van der Waals surface area contributed by atoms with Gasteiger partial charge in [-0.25, -0.2) is 0 Å². The summed E-state index contributed by atoms with van der Waals surface area (Å²) in [6.45, 7) is 3.45. The zero-order valence-corrected chi connectivity index (χ0v) is 10.5. The van der Waals surface area contributed by atoms with Crippen molar-refractivity contribution in [2.75, 3.05) is 26.9 Å². The molecule has 1 aromatic carbocycles. The fraction of sp³-hybridized carbons (Fsp3) is 0.538. The molecular formula is C13H21NO3. The predicted octanol–water partition coefficient (Wildman–Crippen LogP) is 1.43. The van der Waals surface area contributed by atoms with Crippen molar-refractivity contribution in [1.82, 2.24) is 5.32 Å². The van der Waals surface area contributed by atoms with Crippen molar-refractivity contribution in [2.24, 2.45) is 0 Å². The first-order valence-electron chi connectivity index (χ1n) is 5.91. The van der Waals surface area contributed by atoms with Gasteiger partial charge in [-0.1, -0.05) is 19.1 Å². The van der Waals surface area contributed by atoms with E-state index in [1.807, 2.05) is 24.3 Å². The van der Waals surface area contributed by atoms with Crippen molar-refractivity contribution < 1.29 is 14.6 Å². The summed E-state index contributed by atoms with van der Waals surface area (Å²) >= 11 is 0. The van der Waals surface area contributed by atoms with Gasteiger partial charge in [0.05, 0.1) is 19.8 Å². The van der Waals surface area contributed by atoms with Gasteiger partial charge in [0, 0.05) is 0 Å². The van der Waals surface area contributed by atoms with E-state index in [9.17, 15) is 5.11 Å². The van der Waals surface area contributed by atoms with Gasteiger partial charge in [0.1, 0.15) is 6.61 Å². The first kappa shape index (κ1) is 13.8. The van der Waals surface area contributed by atoms with Crippen LogP contribution >= 0.6 is 0 Å². The molecule has 0 aliphatic carbocycles. The lowest BCUT2D eigenvalue weighted by atomic mass is 10.3. The van der Waals surface area contributed by atoms with E-state index in [-0.39, 0.29) is 12.6 Å². The Morgan fingerprint density at radius 2 is 2.00 bits per heavy atom. The van der Waals surface area contributed by atoms with Crippen LogP contribution in [0.5, 0.6) is 11.5 Å². The Labute approximate surface area is 103 Å². The molecule has 0 saturated heterocycles. The Balaban J connectivity index is 2.47. The highest BCUT2D eigenvalue weighted by atomic mass is 16.5. The largest absolute Gasteiger partial charge is 0.493 e. The maximum Gasteiger partial charge on any atom is 0.161 e. The van der Waals surface area contributed by atoms with Crippen molar-refractivity contribution >= 4 is 0 Å². The second-order valence-corrected chi connectivity index (χ2v) is 3.80. The molecule has 0 spiro atoms. The van der Waals surface area contributed by atoms with E-state index in [0.29, 0.717) is 18.1 Å². The number of hydrogen-bond donors (Lipinski definition) is 2. The van der Waals surface area contributed by atoms with Crippen molar-refractivity contribution in [3.05, 3.63) is 24.3 Å². The van der Waals surface area contributed by atoms with E-state index >= 15 is 0 Å². The third-order valence-electron chi connectivity index (χ3n) is 2.41. The second-order valence-electron chi connectivity index (χ2n) is 3.80. The molecule has 4 nitrogen and oxygen atoms in total. The minimum Gasteiger partial charge on any atom is -0.493 e. The van der Waals surface area contributed by atoms with Gasteiger partial charge in [0.15, 0.2) is 11.5 Å². The number of methoxy groups -OCH3 is 1. The first-order chi connectivity index (χ1) is 8.31. The Morgan fingerprint density at radius 1 is 1.29 bits per heavy atom. The number of nitrogens with one attached hydrogen (secondary N) is 1. The number of para-hydroxylation sites is 2. The molecule has 0 amide bonds. The average molecular weight is 239 g/mol. The van der Waals surface area contributed by atoms with Crippen LogP contribution in [0, 0.1) is 0 Å². The van der Waals surface area contributed by atoms with Crippen LogP contribution in [0.2, 0.25) is 0 Å². The number of rotatable bonds is 8. The van der Waals surface area contributed by atoms with Crippen LogP contribution in [0.1, 0.15) is 13.3 Å². The highest BCUT2D eigenvalue weighted by Gasteiger charge is 2.09. The molecule has 1 unspecified atom stereocenters. The standard InChI is InChI=1S/C13H21NO3/c1-3-8-14-11(9-15)10-17-13-7-5-4-6-12(13)16-2/h4-7,11,14-15H,3,8-10H2,1-2H3. The van der Waals surface area contributed by atoms with Crippen LogP contribution in [0.4, 0.5) is 0 Å². The predicted molar refractivity (Wildman–Crippen MR) is 67.7 cm³/mol. The summed E-state index contributed by atoms with van der Waals surface area (Å²) in [7, 11) is 1.61. The van der Waals surface area contributed by atoms with Crippen molar-refractivity contribution in [3.8, 4) is 11.5 Å². The maximum atomic E-state index is 9.18. The van der Waals surface area contributed by atoms with Gasteiger partial charge in [-0.05, 0) is 25.1 Å². The van der Waals surface area contributed by atoms with Crippen molar-refractivity contribution in [1.29, 1.82) is 0 Å². The fourth-order valence-electron chi connectivity index (χ4n) is 1.45. The van der Waals surface area contributed by atoms with Crippen LogP contribution in [-0.4, -0.2) is 38.0 Å². The number of aliphatic hydroxyl groups is 1. The Morgan fingerprint density at radius 3 is 2.59 bits per heavy atom. The van der Waals surface area contributed by atoms with Crippen molar-refractivity contribution in [2.45, 2.75) is 19.4 Å². The van der Waals surface area contributed by atoms with E-state index in [1.54, 1.807) is 7.11 Å². The van der Waals surface area contributed by atoms with Crippen LogP contribution in [0.3, 0.4) is 0 Å². The molecule has 0 aliphatic rings. The van der Waals surface area contributed by atoms with Gasteiger partial charge in [-0.15, -0.1) is 0 Å². The molecule has 0 aromatic heterocycles. The molecule has 1 rings (SSSR count). The highest BCUT2D eigenvalue weighted by molar-refractivity contribution is 5.39. The van der Waals surface area contributed by atoms with Gasteiger partial charge >= 0.3 is 0 Å². The quantitative estimate of drug-likeness (QED) is 0.720. The summed E-state index contributed by atoms with van der Waals surface area (Å²) in [5.41, 5.74) is 0. The minimum atomic E-state index is -0.0418. The maximum absolute atomic E-state index is 9.18. The van der Waals surface area contributed by atoms with Gasteiger partial charge in [0.2, 0.25) is 0 Å². The number of benzene rings is 1. The van der Waals surface area contributed by atoms with E-state index in [2.05, 4.69) is 12.2 Å². The monoisotopic (exact) mass is 239 g/mol. The minimum absolute atomic E-state index is 0.0418. The zero-order valence-electron chi connectivity index (χ0n) is 10.5. The Bertz CT molecular complexity index is 317. The van der Waals surface area contributed by atoms with E-state index in [1.165, 1.54) is 0 Å². The van der Waals surface area contributed by atoms with Gasteiger partial charge in [-0.2, -0.15) is 0 Å². The zero-order chi connectivity index (χ0) is 12.5. The average Bonchev–Trinajstić information content (AvgIpc) is 2.39. The lowest BCUT2D eigenvalue weighted by molar-refractivity contribution is 0.180. The molecule has 1 atom stereocenters. The molecule has 1 aromatic rings. The molecule has 17 heavy (non-hydrogen) atoms. The van der Waals surface area contributed by atoms with E-state index < -0.39 is 0 Å². The lowest BCUT2D eigenvalue weighted by Crippen LogP contribution is -2.38. The molecule has 0 radical (unpaired) electrons. The molecule has 0 aliphatic heterocycles. The molecule has 0 bridgehead atoms. The topological polar surface area (TPSA) is 50.7 Å². The van der Waals surface area contributed by atoms with Crippen LogP contribution < -0.4 is 14.8 Å². The van der Waals surface area contributed by atoms with Gasteiger partial charge in [-0.3, -0.25) is 0 Å². The summed E-state index contributed by atoms with van der Waals surface area (Å²) in [4.78, 5) is 0. The lowest BCUT2D eigenvalue weighted by Gasteiger charge is -2.17. The summed E-state index contributed by atoms with van der Waals surface area (Å²) in [6.07, 6.45) is 1.03. The third-order valence-corrected chi connectivity index (χ3v) is 2.41. The first-order valence-corrected chi connectivity index (χ1v) is 5.91. The third kappa shape index (κ3) is 4.63. The molecule has 2 N–H and O–H groups in total. The number of hydrogen-bond acceptors (Lipinski definition) is 4. The highest BCUT2D eigenvalue weighted by Crippen LogP contribution is 2.25. The molecule has 0 fully saturated rings. The molecular weight excluding hydrogens is 218 g/mol. The number of ether oxygens (including phenoxy) is 2. The molecule has 96 valence electrons. The summed E-state index contributed by atoms with van der Waals surface area (Å²) in [5.74, 6) is 1.41. The molecule has 4 heteroatoms. The smallest absolute Gasteiger partial charge is 0.161 e. The van der Waals surface area contributed by atoms with Crippen LogP contribution in [0.25, 0.3) is 0 Å². The van der Waals surface area contributed by atoms with Crippen molar-refractivity contribution in [3.63, 3.8) is 0 Å². The Hall–Kier alpha value is -1.26. The fourth-order valence-corrected chi connectivity index (χ4v) is 1.45. The van der Waals surface area contributed by atoms with E-state index in [0.717, 1.165) is 13.0 Å². The number of aliphatic hydroxyl groups excluding tert-OH is 1. The normalized spacial score (nSPS) is 12.2. The Kier molecular flexibility index (Phi) is 6.43. The van der Waals surface area contributed by atoms with Gasteiger partial charge < -0.3 is 19.9 Å². The second kappa shape index (κ2) is 7.92. The summed E-state index contributed by atoms with van der Waals surface area (Å²) in [6, 6.07) is 7.45. The SMILES string of the molecule is CCCNC(CO)COc1ccccc1OC. The van der Waals surface area contributed by atoms with Crippen LogP contribution in [-0.2, 0) is 0 Å². The van der Waals surface area contributed by atoms with Crippen LogP contribution in [0.15, 0.2) is 24.3 Å².